The van der Waals surface area contributed by atoms with Gasteiger partial charge in [-0.05, 0) is 63.8 Å². The van der Waals surface area contributed by atoms with Gasteiger partial charge >= 0.3 is 0 Å². The van der Waals surface area contributed by atoms with E-state index in [0.717, 1.165) is 57.6 Å². The molecule has 1 aliphatic carbocycles. The lowest BCUT2D eigenvalue weighted by atomic mass is 9.86. The average Bonchev–Trinajstić information content (AvgIpc) is 2.69. The van der Waals surface area contributed by atoms with Gasteiger partial charge in [0.05, 0.1) is 17.7 Å². The number of nitrogens with zero attached hydrogens (tertiary/aromatic N) is 3. The van der Waals surface area contributed by atoms with Crippen molar-refractivity contribution >= 4 is 5.91 Å². The molecule has 26 heavy (non-hydrogen) atoms. The van der Waals surface area contributed by atoms with Crippen LogP contribution in [0.2, 0.25) is 0 Å². The van der Waals surface area contributed by atoms with E-state index >= 15 is 0 Å². The van der Waals surface area contributed by atoms with Crippen molar-refractivity contribution in [3.63, 3.8) is 0 Å². The minimum atomic E-state index is 0.154. The van der Waals surface area contributed by atoms with E-state index in [0.29, 0.717) is 17.5 Å². The predicted octanol–water partition coefficient (Wildman–Crippen LogP) is 3.05. The fourth-order valence-corrected chi connectivity index (χ4v) is 3.95. The molecule has 0 unspecified atom stereocenters. The van der Waals surface area contributed by atoms with Crippen LogP contribution < -0.4 is 4.74 Å². The van der Waals surface area contributed by atoms with Gasteiger partial charge in [-0.25, -0.2) is 0 Å². The molecule has 1 aliphatic heterocycles. The summed E-state index contributed by atoms with van der Waals surface area (Å²) in [4.78, 5) is 17.3. The van der Waals surface area contributed by atoms with Crippen molar-refractivity contribution in [3.05, 3.63) is 29.8 Å². The Morgan fingerprint density at radius 2 is 1.69 bits per heavy atom. The zero-order valence-electron chi connectivity index (χ0n) is 15.9. The van der Waals surface area contributed by atoms with Gasteiger partial charge in [0, 0.05) is 38.1 Å². The first-order valence-corrected chi connectivity index (χ1v) is 9.76. The molecule has 5 heteroatoms. The lowest BCUT2D eigenvalue weighted by Gasteiger charge is -2.39. The molecule has 1 amide bonds. The number of piperazine rings is 1. The quantitative estimate of drug-likeness (QED) is 0.833. The number of rotatable bonds is 4. The molecular weight excluding hydrogens is 326 g/mol. The highest BCUT2D eigenvalue weighted by atomic mass is 16.5. The molecule has 3 rings (SSSR count). The highest BCUT2D eigenvalue weighted by Crippen LogP contribution is 2.29. The molecule has 140 valence electrons. The van der Waals surface area contributed by atoms with Crippen LogP contribution in [0.4, 0.5) is 0 Å². The van der Waals surface area contributed by atoms with Crippen molar-refractivity contribution in [2.24, 2.45) is 5.92 Å². The van der Waals surface area contributed by atoms with Crippen molar-refractivity contribution in [2.45, 2.75) is 51.7 Å². The summed E-state index contributed by atoms with van der Waals surface area (Å²) in [6.45, 7) is 8.12. The maximum atomic E-state index is 12.8. The van der Waals surface area contributed by atoms with Crippen LogP contribution in [-0.4, -0.2) is 54.0 Å². The zero-order valence-corrected chi connectivity index (χ0v) is 15.9. The molecule has 1 aromatic carbocycles. The van der Waals surface area contributed by atoms with Gasteiger partial charge in [0.2, 0.25) is 5.91 Å². The van der Waals surface area contributed by atoms with E-state index < -0.39 is 0 Å². The van der Waals surface area contributed by atoms with Gasteiger partial charge in [-0.2, -0.15) is 5.26 Å². The van der Waals surface area contributed by atoms with Crippen LogP contribution in [0.5, 0.6) is 5.75 Å². The van der Waals surface area contributed by atoms with Crippen molar-refractivity contribution in [3.8, 4) is 11.8 Å². The van der Waals surface area contributed by atoms with Crippen LogP contribution >= 0.6 is 0 Å². The third kappa shape index (κ3) is 4.56. The highest BCUT2D eigenvalue weighted by molar-refractivity contribution is 5.79. The molecule has 1 aromatic rings. The molecule has 0 radical (unpaired) electrons. The number of hydrogen-bond acceptors (Lipinski definition) is 4. The Bertz CT molecular complexity index is 634. The smallest absolute Gasteiger partial charge is 0.225 e. The normalized spacial score (nSPS) is 24.3. The molecule has 0 aromatic heterocycles. The van der Waals surface area contributed by atoms with Gasteiger partial charge in [0.25, 0.3) is 0 Å². The van der Waals surface area contributed by atoms with E-state index in [-0.39, 0.29) is 12.0 Å². The topological polar surface area (TPSA) is 56.6 Å². The van der Waals surface area contributed by atoms with Gasteiger partial charge < -0.3 is 9.64 Å². The maximum Gasteiger partial charge on any atom is 0.225 e. The van der Waals surface area contributed by atoms with E-state index in [9.17, 15) is 4.79 Å². The number of amides is 1. The standard InChI is InChI=1S/C21H29N3O2/c1-16(2)23-11-13-24(14-12-23)21(25)18-5-9-20(10-6-18)26-19-7-3-17(15-22)4-8-19/h3-4,7-8,16,18,20H,5-6,9-14H2,1-2H3. The molecule has 5 nitrogen and oxygen atoms in total. The first-order valence-electron chi connectivity index (χ1n) is 9.76. The fraction of sp³-hybridized carbons (Fsp3) is 0.619. The number of nitriles is 1. The van der Waals surface area contributed by atoms with Gasteiger partial charge in [-0.3, -0.25) is 9.69 Å². The summed E-state index contributed by atoms with van der Waals surface area (Å²) in [5.74, 6) is 1.30. The summed E-state index contributed by atoms with van der Waals surface area (Å²) in [7, 11) is 0. The van der Waals surface area contributed by atoms with Crippen molar-refractivity contribution in [2.75, 3.05) is 26.2 Å². The SMILES string of the molecule is CC(C)N1CCN(C(=O)C2CCC(Oc3ccc(C#N)cc3)CC2)CC1. The monoisotopic (exact) mass is 355 g/mol. The second-order valence-electron chi connectivity index (χ2n) is 7.68. The van der Waals surface area contributed by atoms with Crippen molar-refractivity contribution in [1.82, 2.24) is 9.80 Å². The fourth-order valence-electron chi connectivity index (χ4n) is 3.95. The largest absolute Gasteiger partial charge is 0.490 e. The minimum absolute atomic E-state index is 0.154. The van der Waals surface area contributed by atoms with E-state index in [1.165, 1.54) is 0 Å². The van der Waals surface area contributed by atoms with Gasteiger partial charge in [0.15, 0.2) is 0 Å². The molecule has 0 atom stereocenters. The van der Waals surface area contributed by atoms with Crippen LogP contribution in [0.15, 0.2) is 24.3 Å². The van der Waals surface area contributed by atoms with Gasteiger partial charge in [-0.15, -0.1) is 0 Å². The lowest BCUT2D eigenvalue weighted by Crippen LogP contribution is -2.52. The molecular formula is C21H29N3O2. The number of benzene rings is 1. The minimum Gasteiger partial charge on any atom is -0.490 e. The molecule has 2 fully saturated rings. The van der Waals surface area contributed by atoms with Crippen LogP contribution in [-0.2, 0) is 4.79 Å². The third-order valence-corrected chi connectivity index (χ3v) is 5.67. The van der Waals surface area contributed by atoms with E-state index in [1.807, 2.05) is 12.1 Å². The lowest BCUT2D eigenvalue weighted by molar-refractivity contribution is -0.139. The van der Waals surface area contributed by atoms with Crippen molar-refractivity contribution < 1.29 is 9.53 Å². The highest BCUT2D eigenvalue weighted by Gasteiger charge is 2.32. The second kappa shape index (κ2) is 8.55. The first kappa shape index (κ1) is 18.7. The van der Waals surface area contributed by atoms with E-state index in [1.54, 1.807) is 12.1 Å². The first-order chi connectivity index (χ1) is 12.6. The molecule has 1 heterocycles. The molecule has 1 saturated carbocycles. The summed E-state index contributed by atoms with van der Waals surface area (Å²) in [5.41, 5.74) is 0.643. The molecule has 0 N–H and O–H groups in total. The summed E-state index contributed by atoms with van der Waals surface area (Å²) in [6.07, 6.45) is 3.82. The second-order valence-corrected chi connectivity index (χ2v) is 7.68. The molecule has 0 spiro atoms. The Kier molecular flexibility index (Phi) is 6.16. The summed E-state index contributed by atoms with van der Waals surface area (Å²) < 4.78 is 6.03. The van der Waals surface area contributed by atoms with Crippen LogP contribution in [0.1, 0.15) is 45.1 Å². The summed E-state index contributed by atoms with van der Waals surface area (Å²) >= 11 is 0. The molecule has 0 bridgehead atoms. The maximum absolute atomic E-state index is 12.8. The Hall–Kier alpha value is -2.06. The van der Waals surface area contributed by atoms with E-state index in [4.69, 9.17) is 10.00 Å². The number of ether oxygens (including phenoxy) is 1. The molecule has 2 aliphatic rings. The Labute approximate surface area is 156 Å². The third-order valence-electron chi connectivity index (χ3n) is 5.67. The molecule has 1 saturated heterocycles. The predicted molar refractivity (Wildman–Crippen MR) is 101 cm³/mol. The Morgan fingerprint density at radius 3 is 2.23 bits per heavy atom. The number of carbonyl (C=O) groups excluding carboxylic acids is 1. The van der Waals surface area contributed by atoms with Crippen LogP contribution in [0.3, 0.4) is 0 Å². The summed E-state index contributed by atoms with van der Waals surface area (Å²) in [5, 5.41) is 8.85. The van der Waals surface area contributed by atoms with Gasteiger partial charge in [0.1, 0.15) is 5.75 Å². The Balaban J connectivity index is 1.44. The van der Waals surface area contributed by atoms with Crippen molar-refractivity contribution in [1.29, 1.82) is 5.26 Å². The summed E-state index contributed by atoms with van der Waals surface area (Å²) in [6, 6.07) is 9.93. The van der Waals surface area contributed by atoms with Gasteiger partial charge in [-0.1, -0.05) is 0 Å². The van der Waals surface area contributed by atoms with E-state index in [2.05, 4.69) is 29.7 Å². The van der Waals surface area contributed by atoms with Crippen LogP contribution in [0.25, 0.3) is 0 Å². The average molecular weight is 355 g/mol. The van der Waals surface area contributed by atoms with Crippen LogP contribution in [0, 0.1) is 17.2 Å². The zero-order chi connectivity index (χ0) is 18.5. The number of hydrogen-bond donors (Lipinski definition) is 0. The number of carbonyl (C=O) groups is 1. The Morgan fingerprint density at radius 1 is 1.08 bits per heavy atom.